The van der Waals surface area contributed by atoms with Crippen molar-refractivity contribution in [1.29, 1.82) is 0 Å². The molecule has 0 spiro atoms. The zero-order valence-corrected chi connectivity index (χ0v) is 10.3. The first-order valence-electron chi connectivity index (χ1n) is 5.66. The van der Waals surface area contributed by atoms with Crippen molar-refractivity contribution in [2.75, 3.05) is 0 Å². The molecule has 0 aliphatic rings. The summed E-state index contributed by atoms with van der Waals surface area (Å²) in [6.45, 7) is 4.25. The Kier molecular flexibility index (Phi) is 2.88. The first kappa shape index (κ1) is 11.6. The van der Waals surface area contributed by atoms with E-state index in [4.69, 9.17) is 5.11 Å². The van der Waals surface area contributed by atoms with Gasteiger partial charge in [-0.15, -0.1) is 0 Å². The van der Waals surface area contributed by atoms with Gasteiger partial charge in [-0.3, -0.25) is 9.48 Å². The first-order valence-corrected chi connectivity index (χ1v) is 5.66. The van der Waals surface area contributed by atoms with Crippen LogP contribution in [0.5, 0.6) is 0 Å². The molecule has 2 aromatic rings. The molecular weight excluding hydrogens is 216 g/mol. The number of nitrogens with zero attached hydrogens (tertiary/aromatic N) is 2. The fraction of sp³-hybridized carbons (Fsp3) is 0.385. The highest BCUT2D eigenvalue weighted by molar-refractivity contribution is 5.83. The molecule has 0 aliphatic carbocycles. The zero-order valence-electron chi connectivity index (χ0n) is 10.3. The maximum atomic E-state index is 10.7. The van der Waals surface area contributed by atoms with E-state index in [1.807, 2.05) is 29.9 Å². The molecule has 90 valence electrons. The van der Waals surface area contributed by atoms with E-state index in [0.29, 0.717) is 5.92 Å². The van der Waals surface area contributed by atoms with E-state index in [1.165, 1.54) is 5.69 Å². The fourth-order valence-electron chi connectivity index (χ4n) is 2.24. The van der Waals surface area contributed by atoms with Gasteiger partial charge in [0.25, 0.3) is 0 Å². The molecule has 2 rings (SSSR count). The monoisotopic (exact) mass is 232 g/mol. The highest BCUT2D eigenvalue weighted by Gasteiger charge is 2.12. The van der Waals surface area contributed by atoms with Gasteiger partial charge in [-0.05, 0) is 17.5 Å². The van der Waals surface area contributed by atoms with Crippen molar-refractivity contribution in [3.05, 3.63) is 29.5 Å². The summed E-state index contributed by atoms with van der Waals surface area (Å²) >= 11 is 0. The second-order valence-electron chi connectivity index (χ2n) is 4.59. The van der Waals surface area contributed by atoms with Gasteiger partial charge < -0.3 is 5.11 Å². The highest BCUT2D eigenvalue weighted by atomic mass is 16.4. The number of aliphatic carboxylic acids is 1. The predicted molar refractivity (Wildman–Crippen MR) is 66.1 cm³/mol. The topological polar surface area (TPSA) is 55.1 Å². The summed E-state index contributed by atoms with van der Waals surface area (Å²) in [6, 6.07) is 5.69. The Balaban J connectivity index is 2.53. The molecule has 0 aliphatic heterocycles. The van der Waals surface area contributed by atoms with E-state index in [0.717, 1.165) is 16.5 Å². The molecule has 0 amide bonds. The standard InChI is InChI=1S/C13H16N2O2/c1-8(2)13-10-5-4-9(7-12(16)17)6-11(10)14-15(13)3/h4-6,8H,7H2,1-3H3,(H,16,17). The minimum atomic E-state index is -0.815. The lowest BCUT2D eigenvalue weighted by atomic mass is 10.0. The van der Waals surface area contributed by atoms with Gasteiger partial charge in [0.05, 0.1) is 11.9 Å². The van der Waals surface area contributed by atoms with Crippen LogP contribution in [0.3, 0.4) is 0 Å². The number of aryl methyl sites for hydroxylation is 1. The number of rotatable bonds is 3. The second kappa shape index (κ2) is 4.20. The van der Waals surface area contributed by atoms with Crippen LogP contribution in [0.1, 0.15) is 31.0 Å². The SMILES string of the molecule is CC(C)c1c2ccc(CC(=O)O)cc2nn1C. The van der Waals surface area contributed by atoms with Crippen molar-refractivity contribution >= 4 is 16.9 Å². The molecule has 4 heteroatoms. The van der Waals surface area contributed by atoms with Gasteiger partial charge >= 0.3 is 5.97 Å². The Morgan fingerprint density at radius 3 is 2.76 bits per heavy atom. The average Bonchev–Trinajstić information content (AvgIpc) is 2.51. The molecule has 1 aromatic heterocycles. The minimum Gasteiger partial charge on any atom is -0.481 e. The number of carboxylic acids is 1. The molecule has 0 unspecified atom stereocenters. The Hall–Kier alpha value is -1.84. The number of carbonyl (C=O) groups is 1. The third-order valence-corrected chi connectivity index (χ3v) is 2.85. The lowest BCUT2D eigenvalue weighted by molar-refractivity contribution is -0.136. The van der Waals surface area contributed by atoms with Crippen LogP contribution >= 0.6 is 0 Å². The molecule has 4 nitrogen and oxygen atoms in total. The summed E-state index contributed by atoms with van der Waals surface area (Å²) in [4.78, 5) is 10.7. The minimum absolute atomic E-state index is 0.0452. The van der Waals surface area contributed by atoms with Gasteiger partial charge in [0.2, 0.25) is 0 Å². The summed E-state index contributed by atoms with van der Waals surface area (Å²) in [5.41, 5.74) is 2.84. The number of carboxylic acid groups (broad SMARTS) is 1. The molecule has 0 atom stereocenters. The Bertz CT molecular complexity index is 570. The van der Waals surface area contributed by atoms with E-state index in [1.54, 1.807) is 0 Å². The molecule has 0 saturated carbocycles. The number of hydrogen-bond acceptors (Lipinski definition) is 2. The molecule has 1 heterocycles. The van der Waals surface area contributed by atoms with Crippen LogP contribution in [-0.4, -0.2) is 20.9 Å². The van der Waals surface area contributed by atoms with E-state index in [9.17, 15) is 4.79 Å². The third kappa shape index (κ3) is 2.16. The van der Waals surface area contributed by atoms with Gasteiger partial charge in [-0.1, -0.05) is 26.0 Å². The van der Waals surface area contributed by atoms with Crippen LogP contribution in [0.25, 0.3) is 10.9 Å². The molecular formula is C13H16N2O2. The Morgan fingerprint density at radius 2 is 2.18 bits per heavy atom. The lowest BCUT2D eigenvalue weighted by Gasteiger charge is -2.05. The van der Waals surface area contributed by atoms with Crippen LogP contribution in [0.4, 0.5) is 0 Å². The summed E-state index contributed by atoms with van der Waals surface area (Å²) in [7, 11) is 1.92. The van der Waals surface area contributed by atoms with Crippen molar-refractivity contribution in [3.8, 4) is 0 Å². The third-order valence-electron chi connectivity index (χ3n) is 2.85. The zero-order chi connectivity index (χ0) is 12.6. The molecule has 1 aromatic carbocycles. The molecule has 0 bridgehead atoms. The van der Waals surface area contributed by atoms with E-state index >= 15 is 0 Å². The van der Waals surface area contributed by atoms with Crippen LogP contribution < -0.4 is 0 Å². The molecule has 0 fully saturated rings. The fourth-order valence-corrected chi connectivity index (χ4v) is 2.24. The number of fused-ring (bicyclic) bond motifs is 1. The van der Waals surface area contributed by atoms with Crippen molar-refractivity contribution in [1.82, 2.24) is 9.78 Å². The maximum absolute atomic E-state index is 10.7. The van der Waals surface area contributed by atoms with Crippen molar-refractivity contribution < 1.29 is 9.90 Å². The van der Waals surface area contributed by atoms with Gasteiger partial charge in [-0.25, -0.2) is 0 Å². The molecule has 1 N–H and O–H groups in total. The average molecular weight is 232 g/mol. The van der Waals surface area contributed by atoms with Gasteiger partial charge in [0.1, 0.15) is 0 Å². The quantitative estimate of drug-likeness (QED) is 0.883. The summed E-state index contributed by atoms with van der Waals surface area (Å²) in [5, 5.41) is 14.3. The summed E-state index contributed by atoms with van der Waals surface area (Å²) in [6.07, 6.45) is 0.0452. The van der Waals surface area contributed by atoms with Crippen LogP contribution in [-0.2, 0) is 18.3 Å². The number of benzene rings is 1. The summed E-state index contributed by atoms with van der Waals surface area (Å²) in [5.74, 6) is -0.417. The molecule has 0 saturated heterocycles. The van der Waals surface area contributed by atoms with E-state index in [2.05, 4.69) is 18.9 Å². The Morgan fingerprint density at radius 1 is 1.47 bits per heavy atom. The summed E-state index contributed by atoms with van der Waals surface area (Å²) < 4.78 is 1.87. The smallest absolute Gasteiger partial charge is 0.307 e. The van der Waals surface area contributed by atoms with Crippen molar-refractivity contribution in [3.63, 3.8) is 0 Å². The Labute approximate surface area is 99.9 Å². The second-order valence-corrected chi connectivity index (χ2v) is 4.59. The largest absolute Gasteiger partial charge is 0.481 e. The van der Waals surface area contributed by atoms with Crippen molar-refractivity contribution in [2.45, 2.75) is 26.2 Å². The first-order chi connectivity index (χ1) is 7.99. The van der Waals surface area contributed by atoms with Crippen molar-refractivity contribution in [2.24, 2.45) is 7.05 Å². The van der Waals surface area contributed by atoms with E-state index in [-0.39, 0.29) is 6.42 Å². The van der Waals surface area contributed by atoms with Gasteiger partial charge in [-0.2, -0.15) is 5.10 Å². The molecule has 0 radical (unpaired) electrons. The van der Waals surface area contributed by atoms with Crippen LogP contribution in [0.15, 0.2) is 18.2 Å². The lowest BCUT2D eigenvalue weighted by Crippen LogP contribution is -1.99. The number of hydrogen-bond donors (Lipinski definition) is 1. The van der Waals surface area contributed by atoms with Gasteiger partial charge in [0, 0.05) is 18.1 Å². The van der Waals surface area contributed by atoms with Crippen LogP contribution in [0, 0.1) is 0 Å². The number of aromatic nitrogens is 2. The highest BCUT2D eigenvalue weighted by Crippen LogP contribution is 2.25. The predicted octanol–water partition coefficient (Wildman–Crippen LogP) is 2.32. The van der Waals surface area contributed by atoms with Crippen LogP contribution in [0.2, 0.25) is 0 Å². The maximum Gasteiger partial charge on any atom is 0.307 e. The van der Waals surface area contributed by atoms with Gasteiger partial charge in [0.15, 0.2) is 0 Å². The molecule has 17 heavy (non-hydrogen) atoms. The normalized spacial score (nSPS) is 11.3. The van der Waals surface area contributed by atoms with E-state index < -0.39 is 5.97 Å².